The van der Waals surface area contributed by atoms with E-state index in [1.165, 1.54) is 24.5 Å². The fourth-order valence-electron chi connectivity index (χ4n) is 3.17. The third-order valence-electron chi connectivity index (χ3n) is 4.77. The highest BCUT2D eigenvalue weighted by molar-refractivity contribution is 6.21. The Hall–Kier alpha value is -4.20. The van der Waals surface area contributed by atoms with E-state index in [0.717, 1.165) is 10.5 Å². The standard InChI is InChI=1S/C23H18N2O6/c1-14-4-7-16(8-5-14)24-20(26)13-31-23(29)15-6-9-18-19(11-15)22(28)25(21(18)27)12-17-3-2-10-30-17/h2-11H,12-13H2,1H3,(H,24,26). The minimum absolute atomic E-state index is 0.00168. The number of anilines is 1. The van der Waals surface area contributed by atoms with Crippen molar-refractivity contribution in [3.8, 4) is 0 Å². The van der Waals surface area contributed by atoms with E-state index in [1.54, 1.807) is 24.3 Å². The summed E-state index contributed by atoms with van der Waals surface area (Å²) >= 11 is 0. The second-order valence-electron chi connectivity index (χ2n) is 7.03. The number of esters is 1. The van der Waals surface area contributed by atoms with Gasteiger partial charge in [0.2, 0.25) is 0 Å². The predicted octanol–water partition coefficient (Wildman–Crippen LogP) is 3.18. The molecule has 0 aliphatic carbocycles. The van der Waals surface area contributed by atoms with Crippen molar-refractivity contribution in [1.29, 1.82) is 0 Å². The Morgan fingerprint density at radius 3 is 2.45 bits per heavy atom. The van der Waals surface area contributed by atoms with Crippen LogP contribution < -0.4 is 5.32 Å². The molecule has 8 heteroatoms. The van der Waals surface area contributed by atoms with E-state index < -0.39 is 30.3 Å². The molecular weight excluding hydrogens is 400 g/mol. The van der Waals surface area contributed by atoms with Gasteiger partial charge in [0.05, 0.1) is 29.5 Å². The van der Waals surface area contributed by atoms with E-state index in [1.807, 2.05) is 19.1 Å². The van der Waals surface area contributed by atoms with Crippen LogP contribution >= 0.6 is 0 Å². The molecule has 3 aromatic rings. The molecule has 8 nitrogen and oxygen atoms in total. The van der Waals surface area contributed by atoms with Gasteiger partial charge >= 0.3 is 5.97 Å². The number of furan rings is 1. The second-order valence-corrected chi connectivity index (χ2v) is 7.03. The van der Waals surface area contributed by atoms with Gasteiger partial charge in [0.25, 0.3) is 17.7 Å². The van der Waals surface area contributed by atoms with Gasteiger partial charge < -0.3 is 14.5 Å². The Morgan fingerprint density at radius 2 is 1.74 bits per heavy atom. The molecule has 0 spiro atoms. The summed E-state index contributed by atoms with van der Waals surface area (Å²) in [6.07, 6.45) is 1.45. The van der Waals surface area contributed by atoms with Gasteiger partial charge in [-0.05, 0) is 49.4 Å². The Morgan fingerprint density at radius 1 is 1.00 bits per heavy atom. The molecule has 0 atom stereocenters. The third kappa shape index (κ3) is 4.23. The number of nitrogens with one attached hydrogen (secondary N) is 1. The summed E-state index contributed by atoms with van der Waals surface area (Å²) in [5.74, 6) is -1.79. The average molecular weight is 418 g/mol. The van der Waals surface area contributed by atoms with Crippen LogP contribution in [0.4, 0.5) is 5.69 Å². The van der Waals surface area contributed by atoms with Gasteiger partial charge in [-0.15, -0.1) is 0 Å². The smallest absolute Gasteiger partial charge is 0.338 e. The summed E-state index contributed by atoms with van der Waals surface area (Å²) in [6.45, 7) is 1.44. The van der Waals surface area contributed by atoms with Crippen molar-refractivity contribution < 1.29 is 28.3 Å². The number of aryl methyl sites for hydroxylation is 1. The Kier molecular flexibility index (Phi) is 5.36. The van der Waals surface area contributed by atoms with Crippen molar-refractivity contribution >= 4 is 29.4 Å². The number of hydrogen-bond donors (Lipinski definition) is 1. The molecule has 156 valence electrons. The molecular formula is C23H18N2O6. The highest BCUT2D eigenvalue weighted by Gasteiger charge is 2.36. The summed E-state index contributed by atoms with van der Waals surface area (Å²) in [5.41, 5.74) is 2.02. The molecule has 0 saturated heterocycles. The summed E-state index contributed by atoms with van der Waals surface area (Å²) in [4.78, 5) is 50.6. The molecule has 1 aliphatic heterocycles. The molecule has 0 unspecified atom stereocenters. The highest BCUT2D eigenvalue weighted by Crippen LogP contribution is 2.26. The van der Waals surface area contributed by atoms with Crippen molar-refractivity contribution in [2.45, 2.75) is 13.5 Å². The SMILES string of the molecule is Cc1ccc(NC(=O)COC(=O)c2ccc3c(c2)C(=O)N(Cc2ccco2)C3=O)cc1. The van der Waals surface area contributed by atoms with E-state index in [4.69, 9.17) is 9.15 Å². The lowest BCUT2D eigenvalue weighted by Gasteiger charge is -2.11. The van der Waals surface area contributed by atoms with Crippen LogP contribution in [0.5, 0.6) is 0 Å². The van der Waals surface area contributed by atoms with Crippen molar-refractivity contribution in [3.63, 3.8) is 0 Å². The van der Waals surface area contributed by atoms with E-state index in [9.17, 15) is 19.2 Å². The van der Waals surface area contributed by atoms with Crippen LogP contribution in [0, 0.1) is 6.92 Å². The van der Waals surface area contributed by atoms with Gasteiger partial charge in [-0.1, -0.05) is 17.7 Å². The van der Waals surface area contributed by atoms with Crippen LogP contribution in [0.3, 0.4) is 0 Å². The Bertz CT molecular complexity index is 1170. The molecule has 0 saturated carbocycles. The number of amides is 3. The molecule has 4 rings (SSSR count). The molecule has 0 fully saturated rings. The largest absolute Gasteiger partial charge is 0.467 e. The fraction of sp³-hybridized carbons (Fsp3) is 0.130. The van der Waals surface area contributed by atoms with Crippen molar-refractivity contribution in [2.24, 2.45) is 0 Å². The molecule has 1 N–H and O–H groups in total. The molecule has 2 aromatic carbocycles. The number of imide groups is 1. The molecule has 0 radical (unpaired) electrons. The zero-order valence-corrected chi connectivity index (χ0v) is 16.6. The first-order valence-corrected chi connectivity index (χ1v) is 9.48. The van der Waals surface area contributed by atoms with Gasteiger partial charge in [0, 0.05) is 5.69 Å². The quantitative estimate of drug-likeness (QED) is 0.487. The van der Waals surface area contributed by atoms with Crippen LogP contribution in [0.15, 0.2) is 65.3 Å². The number of carbonyl (C=O) groups excluding carboxylic acids is 4. The zero-order chi connectivity index (χ0) is 22.0. The summed E-state index contributed by atoms with van der Waals surface area (Å²) in [7, 11) is 0. The monoisotopic (exact) mass is 418 g/mol. The lowest BCUT2D eigenvalue weighted by atomic mass is 10.1. The number of carbonyl (C=O) groups is 4. The lowest BCUT2D eigenvalue weighted by molar-refractivity contribution is -0.119. The molecule has 0 bridgehead atoms. The first-order chi connectivity index (χ1) is 14.9. The van der Waals surface area contributed by atoms with Crippen LogP contribution in [-0.2, 0) is 16.1 Å². The number of hydrogen-bond acceptors (Lipinski definition) is 6. The summed E-state index contributed by atoms with van der Waals surface area (Å²) in [6, 6.07) is 14.6. The van der Waals surface area contributed by atoms with Gasteiger partial charge in [-0.25, -0.2) is 4.79 Å². The fourth-order valence-corrected chi connectivity index (χ4v) is 3.17. The number of nitrogens with zero attached hydrogens (tertiary/aromatic N) is 1. The van der Waals surface area contributed by atoms with Crippen molar-refractivity contribution in [1.82, 2.24) is 4.90 Å². The summed E-state index contributed by atoms with van der Waals surface area (Å²) < 4.78 is 10.2. The van der Waals surface area contributed by atoms with E-state index >= 15 is 0 Å². The Labute approximate surface area is 177 Å². The zero-order valence-electron chi connectivity index (χ0n) is 16.6. The van der Waals surface area contributed by atoms with Crippen LogP contribution in [0.1, 0.15) is 42.4 Å². The van der Waals surface area contributed by atoms with Gasteiger partial charge in [0.15, 0.2) is 6.61 Å². The highest BCUT2D eigenvalue weighted by atomic mass is 16.5. The molecule has 1 aliphatic rings. The van der Waals surface area contributed by atoms with Crippen LogP contribution in [0.2, 0.25) is 0 Å². The van der Waals surface area contributed by atoms with Crippen LogP contribution in [0.25, 0.3) is 0 Å². The third-order valence-corrected chi connectivity index (χ3v) is 4.77. The minimum atomic E-state index is -0.772. The molecule has 31 heavy (non-hydrogen) atoms. The van der Waals surface area contributed by atoms with Crippen LogP contribution in [-0.4, -0.2) is 35.2 Å². The molecule has 2 heterocycles. The van der Waals surface area contributed by atoms with Crippen molar-refractivity contribution in [2.75, 3.05) is 11.9 Å². The first-order valence-electron chi connectivity index (χ1n) is 9.48. The van der Waals surface area contributed by atoms with Gasteiger partial charge in [-0.3, -0.25) is 19.3 Å². The number of fused-ring (bicyclic) bond motifs is 1. The topological polar surface area (TPSA) is 106 Å². The first kappa shape index (κ1) is 20.1. The lowest BCUT2D eigenvalue weighted by Crippen LogP contribution is -2.28. The van der Waals surface area contributed by atoms with Gasteiger partial charge in [-0.2, -0.15) is 0 Å². The number of rotatable bonds is 6. The average Bonchev–Trinajstić information content (AvgIpc) is 3.36. The maximum Gasteiger partial charge on any atom is 0.338 e. The van der Waals surface area contributed by atoms with E-state index in [2.05, 4.69) is 5.32 Å². The molecule has 3 amide bonds. The molecule has 1 aromatic heterocycles. The summed E-state index contributed by atoms with van der Waals surface area (Å²) in [5, 5.41) is 2.63. The second kappa shape index (κ2) is 8.27. The maximum atomic E-state index is 12.6. The van der Waals surface area contributed by atoms with E-state index in [0.29, 0.717) is 11.4 Å². The number of ether oxygens (including phenoxy) is 1. The van der Waals surface area contributed by atoms with Crippen molar-refractivity contribution in [3.05, 3.63) is 88.9 Å². The number of benzene rings is 2. The maximum absolute atomic E-state index is 12.6. The van der Waals surface area contributed by atoms with Gasteiger partial charge in [0.1, 0.15) is 5.76 Å². The minimum Gasteiger partial charge on any atom is -0.467 e. The normalized spacial score (nSPS) is 12.6. The predicted molar refractivity (Wildman–Crippen MR) is 109 cm³/mol. The Balaban J connectivity index is 1.40. The van der Waals surface area contributed by atoms with E-state index in [-0.39, 0.29) is 23.2 Å².